The zero-order valence-electron chi connectivity index (χ0n) is 8.13. The van der Waals surface area contributed by atoms with E-state index in [1.807, 2.05) is 12.1 Å². The summed E-state index contributed by atoms with van der Waals surface area (Å²) in [6, 6.07) is 5.91. The van der Waals surface area contributed by atoms with Crippen molar-refractivity contribution in [2.75, 3.05) is 5.75 Å². The number of thioether (sulfide) groups is 1. The van der Waals surface area contributed by atoms with Crippen molar-refractivity contribution in [2.45, 2.75) is 18.6 Å². The average Bonchev–Trinajstić information content (AvgIpc) is 2.12. The van der Waals surface area contributed by atoms with Gasteiger partial charge < -0.3 is 0 Å². The van der Waals surface area contributed by atoms with E-state index in [2.05, 4.69) is 35.8 Å². The van der Waals surface area contributed by atoms with Crippen molar-refractivity contribution in [3.05, 3.63) is 33.8 Å². The van der Waals surface area contributed by atoms with Crippen molar-refractivity contribution in [3.8, 4) is 0 Å². The number of Topliss-reactive ketones (excluding diaryl/α,β-unsaturated/α-hetero) is 1. The summed E-state index contributed by atoms with van der Waals surface area (Å²) in [5.74, 6) is 0.846. The highest BCUT2D eigenvalue weighted by atomic mass is 79.9. The average molecular weight is 271 g/mol. The minimum atomic E-state index is 0.0486. The van der Waals surface area contributed by atoms with Gasteiger partial charge >= 0.3 is 0 Å². The van der Waals surface area contributed by atoms with Crippen molar-refractivity contribution in [2.24, 2.45) is 0 Å². The van der Waals surface area contributed by atoms with Gasteiger partial charge in [0.25, 0.3) is 0 Å². The van der Waals surface area contributed by atoms with Crippen molar-refractivity contribution < 1.29 is 4.79 Å². The number of halogens is 1. The maximum Gasteiger partial charge on any atom is 0.173 e. The van der Waals surface area contributed by atoms with Gasteiger partial charge in [-0.2, -0.15) is 0 Å². The summed E-state index contributed by atoms with van der Waals surface area (Å²) in [5.41, 5.74) is 2.03. The van der Waals surface area contributed by atoms with Crippen LogP contribution in [0.15, 0.2) is 22.7 Å². The Labute approximate surface area is 96.4 Å². The fraction of sp³-hybridized carbons (Fsp3) is 0.364. The Hall–Kier alpha value is -0.280. The number of carbonyl (C=O) groups is 1. The van der Waals surface area contributed by atoms with Gasteiger partial charge in [0.05, 0.1) is 5.75 Å². The molecule has 0 bridgehead atoms. The second-order valence-electron chi connectivity index (χ2n) is 3.91. The molecule has 0 N–H and O–H groups in total. The third-order valence-electron chi connectivity index (χ3n) is 2.49. The molecule has 0 aromatic heterocycles. The van der Waals surface area contributed by atoms with Crippen LogP contribution in [-0.2, 0) is 4.75 Å². The van der Waals surface area contributed by atoms with Crippen LogP contribution in [0.2, 0.25) is 0 Å². The van der Waals surface area contributed by atoms with Crippen LogP contribution in [-0.4, -0.2) is 11.5 Å². The van der Waals surface area contributed by atoms with Crippen LogP contribution >= 0.6 is 27.7 Å². The van der Waals surface area contributed by atoms with Gasteiger partial charge in [-0.15, -0.1) is 11.8 Å². The minimum absolute atomic E-state index is 0.0486. The number of rotatable bonds is 0. The summed E-state index contributed by atoms with van der Waals surface area (Å²) in [5, 5.41) is 0. The predicted octanol–water partition coefficient (Wildman–Crippen LogP) is 3.61. The Kier molecular flexibility index (Phi) is 2.48. The van der Waals surface area contributed by atoms with E-state index in [4.69, 9.17) is 0 Å². The van der Waals surface area contributed by atoms with Gasteiger partial charge in [0.15, 0.2) is 5.78 Å². The van der Waals surface area contributed by atoms with Crippen molar-refractivity contribution in [1.82, 2.24) is 0 Å². The van der Waals surface area contributed by atoms with E-state index in [1.165, 1.54) is 0 Å². The van der Waals surface area contributed by atoms with E-state index < -0.39 is 0 Å². The van der Waals surface area contributed by atoms with Crippen LogP contribution in [0.3, 0.4) is 0 Å². The lowest BCUT2D eigenvalue weighted by Crippen LogP contribution is -2.25. The van der Waals surface area contributed by atoms with E-state index >= 15 is 0 Å². The number of hydrogen-bond acceptors (Lipinski definition) is 2. The number of benzene rings is 1. The molecule has 0 atom stereocenters. The Bertz CT molecular complexity index is 398. The molecule has 74 valence electrons. The molecule has 14 heavy (non-hydrogen) atoms. The van der Waals surface area contributed by atoms with Crippen LogP contribution in [0.5, 0.6) is 0 Å². The highest BCUT2D eigenvalue weighted by Crippen LogP contribution is 2.42. The molecule has 0 saturated heterocycles. The van der Waals surface area contributed by atoms with E-state index in [1.54, 1.807) is 11.8 Å². The molecule has 1 heterocycles. The Morgan fingerprint density at radius 2 is 2.14 bits per heavy atom. The summed E-state index contributed by atoms with van der Waals surface area (Å²) >= 11 is 5.15. The topological polar surface area (TPSA) is 17.1 Å². The number of ketones is 1. The van der Waals surface area contributed by atoms with Crippen molar-refractivity contribution >= 4 is 33.5 Å². The molecule has 0 fully saturated rings. The molecule has 3 heteroatoms. The Morgan fingerprint density at radius 1 is 1.43 bits per heavy atom. The van der Waals surface area contributed by atoms with Crippen LogP contribution in [0.25, 0.3) is 0 Å². The monoisotopic (exact) mass is 270 g/mol. The first kappa shape index (κ1) is 10.2. The third kappa shape index (κ3) is 1.63. The van der Waals surface area contributed by atoms with Crippen molar-refractivity contribution in [1.29, 1.82) is 0 Å². The molecule has 0 aliphatic carbocycles. The van der Waals surface area contributed by atoms with Gasteiger partial charge in [-0.05, 0) is 37.6 Å². The molecule has 2 rings (SSSR count). The van der Waals surface area contributed by atoms with Crippen LogP contribution in [0.1, 0.15) is 29.8 Å². The van der Waals surface area contributed by atoms with Crippen molar-refractivity contribution in [3.63, 3.8) is 0 Å². The molecule has 0 radical (unpaired) electrons. The lowest BCUT2D eigenvalue weighted by Gasteiger charge is -2.31. The fourth-order valence-corrected chi connectivity index (χ4v) is 2.99. The summed E-state index contributed by atoms with van der Waals surface area (Å²) in [6.07, 6.45) is 0. The van der Waals surface area contributed by atoms with E-state index in [9.17, 15) is 4.79 Å². The van der Waals surface area contributed by atoms with E-state index in [0.29, 0.717) is 5.75 Å². The molecule has 1 nitrogen and oxygen atoms in total. The quantitative estimate of drug-likeness (QED) is 0.717. The lowest BCUT2D eigenvalue weighted by molar-refractivity contribution is 0.101. The molecule has 1 aliphatic heterocycles. The largest absolute Gasteiger partial charge is 0.293 e. The normalized spacial score (nSPS) is 19.2. The number of fused-ring (bicyclic) bond motifs is 1. The molecule has 0 unspecified atom stereocenters. The second kappa shape index (κ2) is 3.38. The smallest absolute Gasteiger partial charge is 0.173 e. The minimum Gasteiger partial charge on any atom is -0.293 e. The molecule has 0 amide bonds. The molecular weight excluding hydrogens is 260 g/mol. The van der Waals surface area contributed by atoms with Gasteiger partial charge in [0, 0.05) is 14.8 Å². The number of carbonyl (C=O) groups excluding carboxylic acids is 1. The highest BCUT2D eigenvalue weighted by molar-refractivity contribution is 9.10. The van der Waals surface area contributed by atoms with E-state index in [-0.39, 0.29) is 10.5 Å². The van der Waals surface area contributed by atoms with Crippen LogP contribution in [0, 0.1) is 0 Å². The molecule has 1 aromatic rings. The first-order chi connectivity index (χ1) is 6.50. The molecule has 0 spiro atoms. The third-order valence-corrected chi connectivity index (χ3v) is 4.34. The first-order valence-electron chi connectivity index (χ1n) is 4.48. The van der Waals surface area contributed by atoms with Gasteiger partial charge in [-0.25, -0.2) is 0 Å². The fourth-order valence-electron chi connectivity index (χ4n) is 1.66. The Balaban J connectivity index is 2.64. The molecule has 1 aromatic carbocycles. The zero-order valence-corrected chi connectivity index (χ0v) is 10.5. The zero-order chi connectivity index (χ0) is 10.3. The summed E-state index contributed by atoms with van der Waals surface area (Å²) in [6.45, 7) is 4.32. The Morgan fingerprint density at radius 3 is 2.86 bits per heavy atom. The molecule has 1 aliphatic rings. The van der Waals surface area contributed by atoms with Gasteiger partial charge in [-0.3, -0.25) is 4.79 Å². The predicted molar refractivity (Wildman–Crippen MR) is 64.0 cm³/mol. The van der Waals surface area contributed by atoms with E-state index in [0.717, 1.165) is 15.6 Å². The van der Waals surface area contributed by atoms with Gasteiger partial charge in [0.1, 0.15) is 0 Å². The summed E-state index contributed by atoms with van der Waals surface area (Å²) < 4.78 is 1.09. The maximum absolute atomic E-state index is 11.6. The number of hydrogen-bond donors (Lipinski definition) is 0. The van der Waals surface area contributed by atoms with Crippen LogP contribution < -0.4 is 0 Å². The second-order valence-corrected chi connectivity index (χ2v) is 6.43. The van der Waals surface area contributed by atoms with Gasteiger partial charge in [-0.1, -0.05) is 15.9 Å². The SMILES string of the molecule is CC1(C)SCC(=O)c2ccc(Br)cc21. The summed E-state index contributed by atoms with van der Waals surface area (Å²) in [4.78, 5) is 11.6. The van der Waals surface area contributed by atoms with Gasteiger partial charge in [0.2, 0.25) is 0 Å². The lowest BCUT2D eigenvalue weighted by atomic mass is 9.94. The van der Waals surface area contributed by atoms with Crippen LogP contribution in [0.4, 0.5) is 0 Å². The highest BCUT2D eigenvalue weighted by Gasteiger charge is 2.32. The standard InChI is InChI=1S/C11H11BrOS/c1-11(2)9-5-7(12)3-4-8(9)10(13)6-14-11/h3-5H,6H2,1-2H3. The molecule has 0 saturated carbocycles. The first-order valence-corrected chi connectivity index (χ1v) is 6.26. The molecular formula is C11H11BrOS. The maximum atomic E-state index is 11.6. The summed E-state index contributed by atoms with van der Waals surface area (Å²) in [7, 11) is 0.